The molecule has 1 aliphatic rings. The van der Waals surface area contributed by atoms with Crippen LogP contribution in [-0.2, 0) is 5.54 Å². The average molecular weight is 272 g/mol. The van der Waals surface area contributed by atoms with E-state index in [4.69, 9.17) is 5.73 Å². The van der Waals surface area contributed by atoms with Gasteiger partial charge in [0, 0.05) is 38.2 Å². The van der Waals surface area contributed by atoms with Crippen molar-refractivity contribution in [3.8, 4) is 0 Å². The summed E-state index contributed by atoms with van der Waals surface area (Å²) in [6.45, 7) is 0. The summed E-state index contributed by atoms with van der Waals surface area (Å²) in [5.41, 5.74) is 6.82. The molecular formula is C14H19F3N2. The number of nitrogens with two attached hydrogens (primary N) is 1. The molecule has 0 bridgehead atoms. The molecule has 0 aromatic heterocycles. The first kappa shape index (κ1) is 14.2. The van der Waals surface area contributed by atoms with Gasteiger partial charge in [-0.2, -0.15) is 0 Å². The lowest BCUT2D eigenvalue weighted by molar-refractivity contribution is -0.0513. The summed E-state index contributed by atoms with van der Waals surface area (Å²) in [6, 6.07) is 4.38. The molecule has 1 aliphatic carbocycles. The molecule has 0 amide bonds. The summed E-state index contributed by atoms with van der Waals surface area (Å²) in [7, 11) is 3.66. The summed E-state index contributed by atoms with van der Waals surface area (Å²) < 4.78 is 40.0. The maximum atomic E-state index is 13.5. The van der Waals surface area contributed by atoms with Crippen molar-refractivity contribution < 1.29 is 13.2 Å². The van der Waals surface area contributed by atoms with Crippen LogP contribution >= 0.6 is 0 Å². The lowest BCUT2D eigenvalue weighted by Gasteiger charge is -2.39. The quantitative estimate of drug-likeness (QED) is 0.895. The van der Waals surface area contributed by atoms with Crippen molar-refractivity contribution in [2.24, 2.45) is 5.73 Å². The normalized spacial score (nSPS) is 21.2. The zero-order chi connectivity index (χ0) is 14.3. The molecule has 19 heavy (non-hydrogen) atoms. The zero-order valence-electron chi connectivity index (χ0n) is 11.2. The van der Waals surface area contributed by atoms with Crippen LogP contribution in [0.1, 0.15) is 31.2 Å². The maximum Gasteiger partial charge on any atom is 0.248 e. The van der Waals surface area contributed by atoms with E-state index in [2.05, 4.69) is 0 Å². The summed E-state index contributed by atoms with van der Waals surface area (Å²) in [4.78, 5) is 1.83. The number of hydrogen-bond acceptors (Lipinski definition) is 2. The maximum absolute atomic E-state index is 13.5. The van der Waals surface area contributed by atoms with Gasteiger partial charge in [0.15, 0.2) is 0 Å². The van der Waals surface area contributed by atoms with Gasteiger partial charge in [-0.1, -0.05) is 0 Å². The molecule has 0 atom stereocenters. The summed E-state index contributed by atoms with van der Waals surface area (Å²) in [5.74, 6) is -3.03. The molecule has 0 unspecified atom stereocenters. The van der Waals surface area contributed by atoms with Gasteiger partial charge >= 0.3 is 0 Å². The van der Waals surface area contributed by atoms with Crippen LogP contribution < -0.4 is 10.6 Å². The SMILES string of the molecule is CN(C)c1ccc(F)cc1C1(N)CCC(F)(F)CC1. The molecule has 2 rings (SSSR count). The highest BCUT2D eigenvalue weighted by molar-refractivity contribution is 5.56. The number of benzene rings is 1. The Kier molecular flexibility index (Phi) is 3.51. The minimum Gasteiger partial charge on any atom is -0.377 e. The van der Waals surface area contributed by atoms with Crippen LogP contribution in [0.5, 0.6) is 0 Å². The predicted octanol–water partition coefficient (Wildman–Crippen LogP) is 3.26. The van der Waals surface area contributed by atoms with E-state index in [1.165, 1.54) is 12.1 Å². The monoisotopic (exact) mass is 272 g/mol. The van der Waals surface area contributed by atoms with Gasteiger partial charge in [0.1, 0.15) is 5.82 Å². The second kappa shape index (κ2) is 4.71. The predicted molar refractivity (Wildman–Crippen MR) is 70.0 cm³/mol. The fourth-order valence-electron chi connectivity index (χ4n) is 2.63. The van der Waals surface area contributed by atoms with Crippen LogP contribution in [0, 0.1) is 5.82 Å². The highest BCUT2D eigenvalue weighted by Crippen LogP contribution is 2.44. The molecule has 2 N–H and O–H groups in total. The van der Waals surface area contributed by atoms with Crippen LogP contribution in [0.3, 0.4) is 0 Å². The fourth-order valence-corrected chi connectivity index (χ4v) is 2.63. The van der Waals surface area contributed by atoms with Crippen molar-refractivity contribution in [1.29, 1.82) is 0 Å². The molecule has 0 heterocycles. The third-order valence-corrected chi connectivity index (χ3v) is 3.85. The molecule has 1 aromatic carbocycles. The minimum absolute atomic E-state index is 0.171. The standard InChI is InChI=1S/C14H19F3N2/c1-19(2)12-4-3-10(15)9-11(12)13(18)5-7-14(16,17)8-6-13/h3-4,9H,5-8,18H2,1-2H3. The smallest absolute Gasteiger partial charge is 0.248 e. The van der Waals surface area contributed by atoms with Gasteiger partial charge in [-0.05, 0) is 36.6 Å². The Bertz CT molecular complexity index is 462. The fraction of sp³-hybridized carbons (Fsp3) is 0.571. The average Bonchev–Trinajstić information content (AvgIpc) is 2.33. The topological polar surface area (TPSA) is 29.3 Å². The molecule has 0 aliphatic heterocycles. The van der Waals surface area contributed by atoms with Gasteiger partial charge in [-0.3, -0.25) is 0 Å². The van der Waals surface area contributed by atoms with Gasteiger partial charge in [-0.15, -0.1) is 0 Å². The highest BCUT2D eigenvalue weighted by Gasteiger charge is 2.43. The van der Waals surface area contributed by atoms with E-state index >= 15 is 0 Å². The third-order valence-electron chi connectivity index (χ3n) is 3.85. The van der Waals surface area contributed by atoms with Gasteiger partial charge in [0.05, 0.1) is 0 Å². The van der Waals surface area contributed by atoms with Crippen LogP contribution in [0.25, 0.3) is 0 Å². The van der Waals surface area contributed by atoms with Crippen LogP contribution in [0.15, 0.2) is 18.2 Å². The molecule has 1 saturated carbocycles. The van der Waals surface area contributed by atoms with Gasteiger partial charge in [-0.25, -0.2) is 13.2 Å². The molecule has 1 aromatic rings. The van der Waals surface area contributed by atoms with Crippen LogP contribution in [0.2, 0.25) is 0 Å². The van der Waals surface area contributed by atoms with E-state index in [1.807, 2.05) is 19.0 Å². The van der Waals surface area contributed by atoms with E-state index in [0.29, 0.717) is 5.56 Å². The Morgan fingerprint density at radius 1 is 1.11 bits per heavy atom. The minimum atomic E-state index is -2.64. The van der Waals surface area contributed by atoms with Gasteiger partial charge in [0.25, 0.3) is 0 Å². The van der Waals surface area contributed by atoms with Crippen LogP contribution in [0.4, 0.5) is 18.9 Å². The summed E-state index contributed by atoms with van der Waals surface area (Å²) in [5, 5.41) is 0. The Morgan fingerprint density at radius 2 is 1.68 bits per heavy atom. The van der Waals surface area contributed by atoms with Crippen molar-refractivity contribution in [2.45, 2.75) is 37.1 Å². The summed E-state index contributed by atoms with van der Waals surface area (Å²) in [6.07, 6.45) is -0.144. The van der Waals surface area contributed by atoms with Gasteiger partial charge < -0.3 is 10.6 Å². The number of hydrogen-bond donors (Lipinski definition) is 1. The van der Waals surface area contributed by atoms with E-state index in [0.717, 1.165) is 5.69 Å². The Morgan fingerprint density at radius 3 is 2.21 bits per heavy atom. The molecule has 106 valence electrons. The van der Waals surface area contributed by atoms with Crippen molar-refractivity contribution in [3.05, 3.63) is 29.6 Å². The molecule has 0 radical (unpaired) electrons. The Balaban J connectivity index is 2.38. The van der Waals surface area contributed by atoms with Crippen LogP contribution in [-0.4, -0.2) is 20.0 Å². The largest absolute Gasteiger partial charge is 0.377 e. The van der Waals surface area contributed by atoms with E-state index in [1.54, 1.807) is 6.07 Å². The lowest BCUT2D eigenvalue weighted by Crippen LogP contribution is -2.44. The van der Waals surface area contributed by atoms with E-state index in [9.17, 15) is 13.2 Å². The Labute approximate surface area is 111 Å². The van der Waals surface area contributed by atoms with Crippen molar-refractivity contribution >= 4 is 5.69 Å². The van der Waals surface area contributed by atoms with E-state index in [-0.39, 0.29) is 31.5 Å². The second-order valence-electron chi connectivity index (χ2n) is 5.57. The van der Waals surface area contributed by atoms with E-state index < -0.39 is 11.5 Å². The van der Waals surface area contributed by atoms with Crippen molar-refractivity contribution in [1.82, 2.24) is 0 Å². The first-order chi connectivity index (χ1) is 8.73. The number of anilines is 1. The molecular weight excluding hydrogens is 253 g/mol. The molecule has 2 nitrogen and oxygen atoms in total. The molecule has 0 spiro atoms. The first-order valence-electron chi connectivity index (χ1n) is 6.38. The molecule has 1 fully saturated rings. The Hall–Kier alpha value is -1.23. The number of alkyl halides is 2. The number of nitrogens with zero attached hydrogens (tertiary/aromatic N) is 1. The molecule has 0 saturated heterocycles. The van der Waals surface area contributed by atoms with Crippen molar-refractivity contribution in [3.63, 3.8) is 0 Å². The third kappa shape index (κ3) is 2.86. The molecule has 5 heteroatoms. The number of halogens is 3. The summed E-state index contributed by atoms with van der Waals surface area (Å²) >= 11 is 0. The first-order valence-corrected chi connectivity index (χ1v) is 6.38. The zero-order valence-corrected chi connectivity index (χ0v) is 11.2. The number of rotatable bonds is 2. The second-order valence-corrected chi connectivity index (χ2v) is 5.57. The lowest BCUT2D eigenvalue weighted by atomic mass is 9.75. The highest BCUT2D eigenvalue weighted by atomic mass is 19.3. The van der Waals surface area contributed by atoms with Crippen molar-refractivity contribution in [2.75, 3.05) is 19.0 Å². The van der Waals surface area contributed by atoms with Gasteiger partial charge in [0.2, 0.25) is 5.92 Å².